The van der Waals surface area contributed by atoms with Gasteiger partial charge in [0.05, 0.1) is 5.75 Å². The van der Waals surface area contributed by atoms with Crippen LogP contribution in [-0.2, 0) is 16.3 Å². The van der Waals surface area contributed by atoms with E-state index in [4.69, 9.17) is 4.52 Å². The maximum absolute atomic E-state index is 13.2. The zero-order valence-corrected chi connectivity index (χ0v) is 12.7. The van der Waals surface area contributed by atoms with E-state index < -0.39 is 21.5 Å². The number of nitrogens with zero attached hydrogens (tertiary/aromatic N) is 2. The van der Waals surface area contributed by atoms with E-state index in [1.165, 1.54) is 12.3 Å². The Labute approximate surface area is 126 Å². The van der Waals surface area contributed by atoms with E-state index in [0.717, 1.165) is 25.0 Å². The SMILES string of the molecule is CS(=O)(=O)CC1(Cc2nc(-c3ccc(F)c(F)c3)no2)CC1. The lowest BCUT2D eigenvalue weighted by Gasteiger charge is -2.09. The van der Waals surface area contributed by atoms with E-state index in [1.807, 2.05) is 0 Å². The Morgan fingerprint density at radius 2 is 2.00 bits per heavy atom. The number of sulfone groups is 1. The van der Waals surface area contributed by atoms with Gasteiger partial charge in [0.2, 0.25) is 11.7 Å². The number of halogens is 2. The molecule has 3 rings (SSSR count). The van der Waals surface area contributed by atoms with E-state index in [1.54, 1.807) is 0 Å². The summed E-state index contributed by atoms with van der Waals surface area (Å²) in [5.74, 6) is -1.38. The highest BCUT2D eigenvalue weighted by molar-refractivity contribution is 7.90. The van der Waals surface area contributed by atoms with Crippen molar-refractivity contribution in [3.05, 3.63) is 35.7 Å². The van der Waals surface area contributed by atoms with Gasteiger partial charge in [0.1, 0.15) is 9.84 Å². The van der Waals surface area contributed by atoms with Gasteiger partial charge in [-0.1, -0.05) is 5.16 Å². The fourth-order valence-electron chi connectivity index (χ4n) is 2.51. The van der Waals surface area contributed by atoms with Crippen molar-refractivity contribution in [1.82, 2.24) is 10.1 Å². The third kappa shape index (κ3) is 3.32. The summed E-state index contributed by atoms with van der Waals surface area (Å²) in [5.41, 5.74) is -0.0207. The summed E-state index contributed by atoms with van der Waals surface area (Å²) in [7, 11) is -3.08. The molecule has 1 aliphatic carbocycles. The quantitative estimate of drug-likeness (QED) is 0.842. The minimum absolute atomic E-state index is 0.0862. The van der Waals surface area contributed by atoms with Crippen LogP contribution in [0.15, 0.2) is 22.7 Å². The second-order valence-electron chi connectivity index (χ2n) is 5.89. The molecular weight excluding hydrogens is 314 g/mol. The Morgan fingerprint density at radius 1 is 1.27 bits per heavy atom. The normalized spacial score (nSPS) is 16.7. The monoisotopic (exact) mass is 328 g/mol. The van der Waals surface area contributed by atoms with Crippen molar-refractivity contribution >= 4 is 9.84 Å². The van der Waals surface area contributed by atoms with Crippen LogP contribution in [0.25, 0.3) is 11.4 Å². The predicted molar refractivity (Wildman–Crippen MR) is 74.7 cm³/mol. The molecule has 0 spiro atoms. The van der Waals surface area contributed by atoms with E-state index >= 15 is 0 Å². The molecule has 2 aromatic rings. The maximum atomic E-state index is 13.2. The Morgan fingerprint density at radius 3 is 2.59 bits per heavy atom. The molecule has 1 saturated carbocycles. The third-order valence-corrected chi connectivity index (χ3v) is 4.83. The molecule has 0 saturated heterocycles. The molecule has 1 aromatic carbocycles. The number of rotatable bonds is 5. The van der Waals surface area contributed by atoms with Crippen LogP contribution in [-0.4, -0.2) is 30.6 Å². The number of hydrogen-bond acceptors (Lipinski definition) is 5. The summed E-state index contributed by atoms with van der Waals surface area (Å²) < 4.78 is 54.1. The van der Waals surface area contributed by atoms with Gasteiger partial charge in [-0.25, -0.2) is 17.2 Å². The zero-order chi connectivity index (χ0) is 16.0. The lowest BCUT2D eigenvalue weighted by atomic mass is 10.1. The minimum atomic E-state index is -3.08. The minimum Gasteiger partial charge on any atom is -0.339 e. The van der Waals surface area contributed by atoms with Crippen LogP contribution in [0.2, 0.25) is 0 Å². The molecule has 0 bridgehead atoms. The molecule has 1 aromatic heterocycles. The summed E-state index contributed by atoms with van der Waals surface area (Å²) in [6, 6.07) is 3.34. The molecule has 0 aliphatic heterocycles. The molecule has 0 amide bonds. The first-order valence-corrected chi connectivity index (χ1v) is 8.78. The molecule has 0 N–H and O–H groups in total. The average Bonchev–Trinajstić information content (AvgIpc) is 2.97. The summed E-state index contributed by atoms with van der Waals surface area (Å²) in [6.45, 7) is 0. The molecular formula is C14H14F2N2O3S. The van der Waals surface area contributed by atoms with Crippen LogP contribution < -0.4 is 0 Å². The van der Waals surface area contributed by atoms with Gasteiger partial charge >= 0.3 is 0 Å². The van der Waals surface area contributed by atoms with Gasteiger partial charge < -0.3 is 4.52 Å². The van der Waals surface area contributed by atoms with Crippen molar-refractivity contribution in [2.24, 2.45) is 5.41 Å². The maximum Gasteiger partial charge on any atom is 0.227 e. The van der Waals surface area contributed by atoms with Crippen LogP contribution in [0.5, 0.6) is 0 Å². The highest BCUT2D eigenvalue weighted by atomic mass is 32.2. The Bertz CT molecular complexity index is 813. The van der Waals surface area contributed by atoms with Crippen LogP contribution in [0.4, 0.5) is 8.78 Å². The van der Waals surface area contributed by atoms with Crippen molar-refractivity contribution in [1.29, 1.82) is 0 Å². The van der Waals surface area contributed by atoms with Crippen molar-refractivity contribution in [2.75, 3.05) is 12.0 Å². The molecule has 0 radical (unpaired) electrons. The van der Waals surface area contributed by atoms with Crippen LogP contribution in [0.1, 0.15) is 18.7 Å². The lowest BCUT2D eigenvalue weighted by Crippen LogP contribution is -2.18. The largest absolute Gasteiger partial charge is 0.339 e. The molecule has 8 heteroatoms. The van der Waals surface area contributed by atoms with Crippen LogP contribution in [0.3, 0.4) is 0 Å². The van der Waals surface area contributed by atoms with Crippen LogP contribution >= 0.6 is 0 Å². The van der Waals surface area contributed by atoms with Crippen molar-refractivity contribution in [3.63, 3.8) is 0 Å². The Balaban J connectivity index is 1.78. The summed E-state index contributed by atoms with van der Waals surface area (Å²) in [5, 5.41) is 3.74. The predicted octanol–water partition coefficient (Wildman–Crippen LogP) is 2.38. The van der Waals surface area contributed by atoms with Gasteiger partial charge in [0.15, 0.2) is 11.6 Å². The van der Waals surface area contributed by atoms with Crippen molar-refractivity contribution in [2.45, 2.75) is 19.3 Å². The number of hydrogen-bond donors (Lipinski definition) is 0. The molecule has 1 fully saturated rings. The fraction of sp³-hybridized carbons (Fsp3) is 0.429. The van der Waals surface area contributed by atoms with E-state index in [2.05, 4.69) is 10.1 Å². The molecule has 1 aliphatic rings. The topological polar surface area (TPSA) is 73.1 Å². The number of aromatic nitrogens is 2. The molecule has 1 heterocycles. The summed E-state index contributed by atoms with van der Waals surface area (Å²) >= 11 is 0. The van der Waals surface area contributed by atoms with Gasteiger partial charge in [-0.2, -0.15) is 4.98 Å². The highest BCUT2D eigenvalue weighted by Gasteiger charge is 2.46. The van der Waals surface area contributed by atoms with Gasteiger partial charge in [0, 0.05) is 18.2 Å². The zero-order valence-electron chi connectivity index (χ0n) is 11.8. The van der Waals surface area contributed by atoms with Gasteiger partial charge in [-0.05, 0) is 36.5 Å². The van der Waals surface area contributed by atoms with Crippen molar-refractivity contribution < 1.29 is 21.7 Å². The smallest absolute Gasteiger partial charge is 0.227 e. The molecule has 22 heavy (non-hydrogen) atoms. The first-order chi connectivity index (χ1) is 10.3. The first-order valence-electron chi connectivity index (χ1n) is 6.72. The highest BCUT2D eigenvalue weighted by Crippen LogP contribution is 2.49. The molecule has 5 nitrogen and oxygen atoms in total. The van der Waals surface area contributed by atoms with E-state index in [0.29, 0.717) is 17.9 Å². The molecule has 0 atom stereocenters. The van der Waals surface area contributed by atoms with Crippen molar-refractivity contribution in [3.8, 4) is 11.4 Å². The molecule has 118 valence electrons. The standard InChI is InChI=1S/C14H14F2N2O3S/c1-22(19,20)8-14(4-5-14)7-12-17-13(18-21-12)9-2-3-10(15)11(16)6-9/h2-3,6H,4-5,7-8H2,1H3. The Kier molecular flexibility index (Phi) is 3.51. The fourth-order valence-corrected chi connectivity index (χ4v) is 4.01. The van der Waals surface area contributed by atoms with E-state index in [9.17, 15) is 17.2 Å². The molecule has 0 unspecified atom stereocenters. The summed E-state index contributed by atoms with van der Waals surface area (Å²) in [6.07, 6.45) is 3.16. The first kappa shape index (κ1) is 15.1. The van der Waals surface area contributed by atoms with E-state index in [-0.39, 0.29) is 17.0 Å². The lowest BCUT2D eigenvalue weighted by molar-refractivity contribution is 0.353. The van der Waals surface area contributed by atoms with Gasteiger partial charge in [0.25, 0.3) is 0 Å². The second-order valence-corrected chi connectivity index (χ2v) is 8.03. The van der Waals surface area contributed by atoms with Gasteiger partial charge in [-0.3, -0.25) is 0 Å². The summed E-state index contributed by atoms with van der Waals surface area (Å²) in [4.78, 5) is 4.14. The Hall–Kier alpha value is -1.83. The average molecular weight is 328 g/mol. The third-order valence-electron chi connectivity index (χ3n) is 3.70. The van der Waals surface area contributed by atoms with Gasteiger partial charge in [-0.15, -0.1) is 0 Å². The second kappa shape index (κ2) is 5.12. The number of benzene rings is 1. The van der Waals surface area contributed by atoms with Crippen LogP contribution in [0, 0.1) is 17.0 Å².